The van der Waals surface area contributed by atoms with E-state index in [2.05, 4.69) is 123 Å². The molecule has 0 radical (unpaired) electrons. The molecule has 5 rings (SSSR count). The molecule has 0 aromatic heterocycles. The number of benzene rings is 5. The van der Waals surface area contributed by atoms with Crippen LogP contribution >= 0.6 is 0 Å². The van der Waals surface area contributed by atoms with Crippen LogP contribution in [0.5, 0.6) is 0 Å². The Morgan fingerprint density at radius 3 is 0.963 bits per heavy atom. The van der Waals surface area contributed by atoms with Gasteiger partial charge in [-0.25, -0.2) is 0 Å². The highest BCUT2D eigenvalue weighted by Gasteiger charge is 2.00. The van der Waals surface area contributed by atoms with Gasteiger partial charge in [-0.05, 0) is 52.6 Å². The van der Waals surface area contributed by atoms with Crippen LogP contribution < -0.4 is 9.80 Å². The molecule has 0 N–H and O–H groups in total. The van der Waals surface area contributed by atoms with Crippen LogP contribution in [-0.4, -0.2) is 28.2 Å². The topological polar surface area (TPSA) is 6.48 Å². The Morgan fingerprint density at radius 2 is 0.741 bits per heavy atom. The van der Waals surface area contributed by atoms with Crippen molar-refractivity contribution in [1.82, 2.24) is 0 Å². The zero-order chi connectivity index (χ0) is 19.2. The zero-order valence-electron chi connectivity index (χ0n) is 16.7. The van der Waals surface area contributed by atoms with E-state index >= 15 is 0 Å². The van der Waals surface area contributed by atoms with Gasteiger partial charge in [0.05, 0.1) is 0 Å². The number of hydrogen-bond acceptors (Lipinski definition) is 2. The molecule has 5 aromatic carbocycles. The van der Waals surface area contributed by atoms with Crippen LogP contribution in [0, 0.1) is 0 Å². The lowest BCUT2D eigenvalue weighted by atomic mass is 10.0. The highest BCUT2D eigenvalue weighted by atomic mass is 15.1. The molecule has 0 fully saturated rings. The predicted octanol–water partition coefficient (Wildman–Crippen LogP) is 5.69. The lowest BCUT2D eigenvalue weighted by Gasteiger charge is -2.14. The minimum Gasteiger partial charge on any atom is -0.378 e. The molecular formula is C25H28N2. The van der Waals surface area contributed by atoms with E-state index in [1.54, 1.807) is 0 Å². The van der Waals surface area contributed by atoms with Crippen molar-refractivity contribution in [1.29, 1.82) is 0 Å². The van der Waals surface area contributed by atoms with Gasteiger partial charge in [-0.2, -0.15) is 0 Å². The van der Waals surface area contributed by atoms with Gasteiger partial charge in [-0.1, -0.05) is 60.7 Å². The van der Waals surface area contributed by atoms with Crippen molar-refractivity contribution in [2.75, 3.05) is 38.0 Å². The Morgan fingerprint density at radius 1 is 0.444 bits per heavy atom. The third-order valence-corrected chi connectivity index (χ3v) is 4.72. The largest absolute Gasteiger partial charge is 0.378 e. The molecule has 2 heteroatoms. The lowest BCUT2D eigenvalue weighted by molar-refractivity contribution is 1.11. The molecule has 0 atom stereocenters. The third-order valence-electron chi connectivity index (χ3n) is 4.72. The van der Waals surface area contributed by atoms with Gasteiger partial charge in [0.1, 0.15) is 0 Å². The summed E-state index contributed by atoms with van der Waals surface area (Å²) in [6, 6.07) is 30.2. The maximum Gasteiger partial charge on any atom is 0.0361 e. The van der Waals surface area contributed by atoms with Crippen LogP contribution in [0.1, 0.15) is 11.1 Å². The first-order valence-electron chi connectivity index (χ1n) is 9.32. The Labute approximate surface area is 163 Å². The van der Waals surface area contributed by atoms with Crippen molar-refractivity contribution >= 4 is 22.1 Å². The first kappa shape index (κ1) is 18.8. The van der Waals surface area contributed by atoms with Crippen LogP contribution in [0.25, 0.3) is 10.8 Å². The summed E-state index contributed by atoms with van der Waals surface area (Å²) in [5.41, 5.74) is 5.19. The second-order valence-corrected chi connectivity index (χ2v) is 7.30. The molecule has 0 amide bonds. The summed E-state index contributed by atoms with van der Waals surface area (Å²) in [6.07, 6.45) is 0.988. The molecule has 2 bridgehead atoms. The third kappa shape index (κ3) is 5.24. The fraction of sp³-hybridized carbons (Fsp3) is 0.200. The van der Waals surface area contributed by atoms with Crippen molar-refractivity contribution in [3.8, 4) is 0 Å². The molecule has 0 saturated heterocycles. The summed E-state index contributed by atoms with van der Waals surface area (Å²) >= 11 is 0. The van der Waals surface area contributed by atoms with E-state index in [4.69, 9.17) is 0 Å². The molecule has 0 aliphatic heterocycles. The smallest absolute Gasteiger partial charge is 0.0361 e. The highest BCUT2D eigenvalue weighted by Crippen LogP contribution is 2.17. The van der Waals surface area contributed by atoms with E-state index < -0.39 is 0 Å². The molecule has 0 saturated carbocycles. The number of hydrogen-bond donors (Lipinski definition) is 0. The van der Waals surface area contributed by atoms with Gasteiger partial charge < -0.3 is 9.80 Å². The monoisotopic (exact) mass is 356 g/mol. The summed E-state index contributed by atoms with van der Waals surface area (Å²) < 4.78 is 0. The van der Waals surface area contributed by atoms with Gasteiger partial charge >= 0.3 is 0 Å². The van der Waals surface area contributed by atoms with Gasteiger partial charge in [-0.15, -0.1) is 0 Å². The van der Waals surface area contributed by atoms with Crippen molar-refractivity contribution in [2.45, 2.75) is 6.42 Å². The predicted molar refractivity (Wildman–Crippen MR) is 119 cm³/mol. The molecule has 0 unspecified atom stereocenters. The van der Waals surface area contributed by atoms with E-state index in [1.165, 1.54) is 33.3 Å². The van der Waals surface area contributed by atoms with E-state index in [0.29, 0.717) is 0 Å². The summed E-state index contributed by atoms with van der Waals surface area (Å²) in [5.74, 6) is 0. The van der Waals surface area contributed by atoms with Crippen LogP contribution in [-0.2, 0) is 6.42 Å². The maximum atomic E-state index is 2.20. The highest BCUT2D eigenvalue weighted by molar-refractivity contribution is 5.68. The Kier molecular flexibility index (Phi) is 5.97. The summed E-state index contributed by atoms with van der Waals surface area (Å²) in [4.78, 5) is 4.24. The first-order chi connectivity index (χ1) is 13.0. The zero-order valence-corrected chi connectivity index (χ0v) is 16.7. The minimum atomic E-state index is 0.988. The fourth-order valence-electron chi connectivity index (χ4n) is 2.97. The molecule has 138 valence electrons. The van der Waals surface area contributed by atoms with Crippen LogP contribution in [0.4, 0.5) is 11.4 Å². The fourth-order valence-corrected chi connectivity index (χ4v) is 2.97. The van der Waals surface area contributed by atoms with Crippen molar-refractivity contribution in [3.05, 3.63) is 96.1 Å². The van der Waals surface area contributed by atoms with Gasteiger partial charge in [0.2, 0.25) is 0 Å². The Balaban J connectivity index is 0.000000216. The molecule has 2 nitrogen and oxygen atoms in total. The van der Waals surface area contributed by atoms with Crippen molar-refractivity contribution in [2.24, 2.45) is 0 Å². The van der Waals surface area contributed by atoms with E-state index in [-0.39, 0.29) is 0 Å². The average Bonchev–Trinajstić information content (AvgIpc) is 2.71. The molecule has 0 aliphatic rings. The lowest BCUT2D eigenvalue weighted by Crippen LogP contribution is -2.08. The number of nitrogens with zero attached hydrogens (tertiary/aromatic N) is 2. The van der Waals surface area contributed by atoms with E-state index in [0.717, 1.165) is 6.42 Å². The first-order valence-corrected chi connectivity index (χ1v) is 9.32. The van der Waals surface area contributed by atoms with Crippen LogP contribution in [0.2, 0.25) is 0 Å². The Hall–Kier alpha value is -3.00. The normalized spacial score (nSPS) is 10.4. The standard InChI is InChI=1S/C17H22N2.C8H6/c1-18(2)16-9-5-14(6-10-16)13-15-7-11-17(12-8-15)19(3)4;1-2-8-5-3-7(1)4-6-8/h5-12H,13H2,1-4H3;1-6H. The molecule has 0 aliphatic carbocycles. The maximum absolute atomic E-state index is 2.20. The summed E-state index contributed by atoms with van der Waals surface area (Å²) in [7, 11) is 8.26. The van der Waals surface area contributed by atoms with Crippen molar-refractivity contribution in [3.63, 3.8) is 0 Å². The van der Waals surface area contributed by atoms with Gasteiger partial charge in [0.15, 0.2) is 0 Å². The second-order valence-electron chi connectivity index (χ2n) is 7.30. The summed E-state index contributed by atoms with van der Waals surface area (Å²) in [6.45, 7) is 0. The van der Waals surface area contributed by atoms with Crippen LogP contribution in [0.15, 0.2) is 84.9 Å². The Bertz CT molecular complexity index is 811. The van der Waals surface area contributed by atoms with Gasteiger partial charge in [-0.3, -0.25) is 0 Å². The average molecular weight is 357 g/mol. The number of anilines is 2. The molecule has 0 spiro atoms. The quantitative estimate of drug-likeness (QED) is 0.464. The molecule has 5 aromatic rings. The molecule has 0 heterocycles. The van der Waals surface area contributed by atoms with E-state index in [9.17, 15) is 0 Å². The molecular weight excluding hydrogens is 328 g/mol. The summed E-state index contributed by atoms with van der Waals surface area (Å²) in [5, 5.41) is 2.61. The number of fused-ring (bicyclic) bond motifs is 3. The molecule has 27 heavy (non-hydrogen) atoms. The minimum absolute atomic E-state index is 0.988. The SMILES string of the molecule is CN(C)c1ccc(Cc2ccc(N(C)C)cc2)cc1.c1cc2ccc1cc2. The van der Waals surface area contributed by atoms with Crippen molar-refractivity contribution < 1.29 is 0 Å². The van der Waals surface area contributed by atoms with Crippen LogP contribution in [0.3, 0.4) is 0 Å². The van der Waals surface area contributed by atoms with Gasteiger partial charge in [0.25, 0.3) is 0 Å². The van der Waals surface area contributed by atoms with Gasteiger partial charge in [0, 0.05) is 39.6 Å². The number of rotatable bonds is 4. The van der Waals surface area contributed by atoms with E-state index in [1.807, 2.05) is 0 Å². The second kappa shape index (κ2) is 8.59.